The summed E-state index contributed by atoms with van der Waals surface area (Å²) >= 11 is 0. The molecule has 0 bridgehead atoms. The molecule has 2 N–H and O–H groups in total. The summed E-state index contributed by atoms with van der Waals surface area (Å²) in [7, 11) is 0. The Morgan fingerprint density at radius 2 is 1.83 bits per heavy atom. The zero-order chi connectivity index (χ0) is 21.3. The summed E-state index contributed by atoms with van der Waals surface area (Å²) in [6, 6.07) is 13.9. The molecule has 0 radical (unpaired) electrons. The van der Waals surface area contributed by atoms with Crippen molar-refractivity contribution in [2.75, 3.05) is 13.1 Å². The number of carbonyl (C=O) groups excluding carboxylic acids is 2. The molecule has 1 aromatic heterocycles. The molecule has 0 saturated carbocycles. The number of aryl methyl sites for hydroxylation is 2. The van der Waals surface area contributed by atoms with E-state index in [1.807, 2.05) is 30.3 Å². The molecular weight excluding hydrogens is 387 g/mol. The standard InChI is InChI=1S/C21H23FN6O2/c1-15-9-10-17(14-18(15)22)21(30)24-12-11-23-19(29)8-5-13-28-26-20(25-27-28)16-6-3-2-4-7-16/h2-4,6-7,9-10,14H,5,8,11-13H2,1H3,(H,23,29)(H,24,30). The maximum atomic E-state index is 13.5. The van der Waals surface area contributed by atoms with E-state index in [2.05, 4.69) is 26.0 Å². The van der Waals surface area contributed by atoms with Gasteiger partial charge in [0.05, 0.1) is 6.54 Å². The molecule has 8 nitrogen and oxygen atoms in total. The predicted molar refractivity (Wildman–Crippen MR) is 109 cm³/mol. The Bertz CT molecular complexity index is 1010. The molecule has 0 atom stereocenters. The first-order chi connectivity index (χ1) is 14.5. The maximum absolute atomic E-state index is 13.5. The van der Waals surface area contributed by atoms with Gasteiger partial charge in [0, 0.05) is 30.6 Å². The normalized spacial score (nSPS) is 10.6. The van der Waals surface area contributed by atoms with Gasteiger partial charge in [-0.05, 0) is 36.3 Å². The van der Waals surface area contributed by atoms with Crippen molar-refractivity contribution in [3.8, 4) is 11.4 Å². The Balaban J connectivity index is 1.32. The summed E-state index contributed by atoms with van der Waals surface area (Å²) in [6.07, 6.45) is 0.866. The Labute approximate surface area is 173 Å². The highest BCUT2D eigenvalue weighted by Crippen LogP contribution is 2.12. The molecule has 30 heavy (non-hydrogen) atoms. The first-order valence-corrected chi connectivity index (χ1v) is 9.67. The zero-order valence-corrected chi connectivity index (χ0v) is 16.6. The van der Waals surface area contributed by atoms with Crippen LogP contribution >= 0.6 is 0 Å². The second kappa shape index (κ2) is 10.2. The van der Waals surface area contributed by atoms with Gasteiger partial charge in [0.2, 0.25) is 11.7 Å². The molecule has 0 fully saturated rings. The second-order valence-corrected chi connectivity index (χ2v) is 6.75. The molecule has 9 heteroatoms. The highest BCUT2D eigenvalue weighted by atomic mass is 19.1. The van der Waals surface area contributed by atoms with Crippen LogP contribution in [0, 0.1) is 12.7 Å². The average Bonchev–Trinajstić information content (AvgIpc) is 3.22. The Hall–Kier alpha value is -3.62. The molecule has 0 spiro atoms. The molecule has 2 amide bonds. The number of rotatable bonds is 9. The number of tetrazole rings is 1. The van der Waals surface area contributed by atoms with Gasteiger partial charge in [-0.1, -0.05) is 36.4 Å². The third-order valence-electron chi connectivity index (χ3n) is 4.41. The van der Waals surface area contributed by atoms with Crippen molar-refractivity contribution in [1.82, 2.24) is 30.8 Å². The van der Waals surface area contributed by atoms with Crippen LogP contribution in [0.3, 0.4) is 0 Å². The van der Waals surface area contributed by atoms with E-state index in [0.717, 1.165) is 5.56 Å². The molecule has 3 aromatic rings. The molecule has 1 heterocycles. The van der Waals surface area contributed by atoms with Crippen LogP contribution in [0.4, 0.5) is 4.39 Å². The van der Waals surface area contributed by atoms with Crippen molar-refractivity contribution in [3.63, 3.8) is 0 Å². The van der Waals surface area contributed by atoms with Crippen LogP contribution in [0.1, 0.15) is 28.8 Å². The highest BCUT2D eigenvalue weighted by molar-refractivity contribution is 5.94. The second-order valence-electron chi connectivity index (χ2n) is 6.75. The molecule has 3 rings (SSSR count). The summed E-state index contributed by atoms with van der Waals surface area (Å²) in [5.74, 6) is -0.387. The Kier molecular flexibility index (Phi) is 7.20. The minimum atomic E-state index is -0.422. The summed E-state index contributed by atoms with van der Waals surface area (Å²) in [4.78, 5) is 25.4. The fourth-order valence-electron chi connectivity index (χ4n) is 2.72. The third-order valence-corrected chi connectivity index (χ3v) is 4.41. The zero-order valence-electron chi connectivity index (χ0n) is 16.6. The van der Waals surface area contributed by atoms with Crippen molar-refractivity contribution < 1.29 is 14.0 Å². The smallest absolute Gasteiger partial charge is 0.251 e. The monoisotopic (exact) mass is 410 g/mol. The number of carbonyl (C=O) groups is 2. The lowest BCUT2D eigenvalue weighted by Crippen LogP contribution is -2.34. The van der Waals surface area contributed by atoms with E-state index in [-0.39, 0.29) is 23.9 Å². The highest BCUT2D eigenvalue weighted by Gasteiger charge is 2.09. The van der Waals surface area contributed by atoms with E-state index in [9.17, 15) is 14.0 Å². The Morgan fingerprint density at radius 3 is 2.60 bits per heavy atom. The van der Waals surface area contributed by atoms with Crippen molar-refractivity contribution >= 4 is 11.8 Å². The van der Waals surface area contributed by atoms with Crippen LogP contribution in [-0.2, 0) is 11.3 Å². The van der Waals surface area contributed by atoms with E-state index in [1.54, 1.807) is 19.1 Å². The van der Waals surface area contributed by atoms with Crippen LogP contribution in [-0.4, -0.2) is 45.1 Å². The first-order valence-electron chi connectivity index (χ1n) is 9.67. The number of nitrogens with one attached hydrogen (secondary N) is 2. The quantitative estimate of drug-likeness (QED) is 0.526. The molecule has 156 valence electrons. The lowest BCUT2D eigenvalue weighted by molar-refractivity contribution is -0.121. The number of hydrogen-bond acceptors (Lipinski definition) is 5. The fraction of sp³-hybridized carbons (Fsp3) is 0.286. The number of hydrogen-bond donors (Lipinski definition) is 2. The van der Waals surface area contributed by atoms with Crippen LogP contribution in [0.5, 0.6) is 0 Å². The van der Waals surface area contributed by atoms with E-state index in [1.165, 1.54) is 10.9 Å². The van der Waals surface area contributed by atoms with Crippen LogP contribution in [0.15, 0.2) is 48.5 Å². The third kappa shape index (κ3) is 5.94. The predicted octanol–water partition coefficient (Wildman–Crippen LogP) is 2.11. The van der Waals surface area contributed by atoms with Crippen LogP contribution < -0.4 is 10.6 Å². The number of nitrogens with zero attached hydrogens (tertiary/aromatic N) is 4. The molecule has 2 aromatic carbocycles. The largest absolute Gasteiger partial charge is 0.354 e. The van der Waals surface area contributed by atoms with Gasteiger partial charge in [-0.25, -0.2) is 4.39 Å². The van der Waals surface area contributed by atoms with E-state index < -0.39 is 5.82 Å². The van der Waals surface area contributed by atoms with Crippen molar-refractivity contribution in [1.29, 1.82) is 0 Å². The molecule has 0 aliphatic heterocycles. The van der Waals surface area contributed by atoms with Gasteiger partial charge in [0.15, 0.2) is 0 Å². The SMILES string of the molecule is Cc1ccc(C(=O)NCCNC(=O)CCCn2nnc(-c3ccccc3)n2)cc1F. The summed E-state index contributed by atoms with van der Waals surface area (Å²) in [5, 5.41) is 17.7. The summed E-state index contributed by atoms with van der Waals surface area (Å²) < 4.78 is 13.5. The molecular formula is C21H23FN6O2. The average molecular weight is 410 g/mol. The van der Waals surface area contributed by atoms with E-state index in [0.29, 0.717) is 37.3 Å². The van der Waals surface area contributed by atoms with Gasteiger partial charge in [0.1, 0.15) is 5.82 Å². The van der Waals surface area contributed by atoms with E-state index >= 15 is 0 Å². The van der Waals surface area contributed by atoms with Gasteiger partial charge in [0.25, 0.3) is 5.91 Å². The van der Waals surface area contributed by atoms with Gasteiger partial charge < -0.3 is 10.6 Å². The summed E-state index contributed by atoms with van der Waals surface area (Å²) in [5.41, 5.74) is 1.62. The lowest BCUT2D eigenvalue weighted by Gasteiger charge is -2.08. The van der Waals surface area contributed by atoms with Gasteiger partial charge in [-0.3, -0.25) is 9.59 Å². The van der Waals surface area contributed by atoms with Gasteiger partial charge >= 0.3 is 0 Å². The van der Waals surface area contributed by atoms with Crippen molar-refractivity contribution in [2.24, 2.45) is 0 Å². The number of benzene rings is 2. The fourth-order valence-corrected chi connectivity index (χ4v) is 2.72. The summed E-state index contributed by atoms with van der Waals surface area (Å²) in [6.45, 7) is 2.65. The number of halogens is 1. The minimum Gasteiger partial charge on any atom is -0.354 e. The topological polar surface area (TPSA) is 102 Å². The maximum Gasteiger partial charge on any atom is 0.251 e. The molecule has 0 unspecified atom stereocenters. The van der Waals surface area contributed by atoms with Crippen molar-refractivity contribution in [3.05, 3.63) is 65.5 Å². The first kappa shape index (κ1) is 21.1. The van der Waals surface area contributed by atoms with E-state index in [4.69, 9.17) is 0 Å². The molecule has 0 saturated heterocycles. The minimum absolute atomic E-state index is 0.131. The molecule has 0 aliphatic rings. The van der Waals surface area contributed by atoms with Crippen LogP contribution in [0.25, 0.3) is 11.4 Å². The van der Waals surface area contributed by atoms with Crippen LogP contribution in [0.2, 0.25) is 0 Å². The number of amides is 2. The van der Waals surface area contributed by atoms with Gasteiger partial charge in [-0.15, -0.1) is 10.2 Å². The molecule has 0 aliphatic carbocycles. The Morgan fingerprint density at radius 1 is 1.07 bits per heavy atom. The lowest BCUT2D eigenvalue weighted by atomic mass is 10.1. The van der Waals surface area contributed by atoms with Crippen molar-refractivity contribution in [2.45, 2.75) is 26.3 Å². The number of aromatic nitrogens is 4. The van der Waals surface area contributed by atoms with Gasteiger partial charge in [-0.2, -0.15) is 4.80 Å².